The summed E-state index contributed by atoms with van der Waals surface area (Å²) in [5, 5.41) is 13.9. The Balaban J connectivity index is 3.54. The minimum Gasteiger partial charge on any atom is -0.481 e. The Morgan fingerprint density at radius 2 is 1.89 bits per heavy atom. The Hall–Kier alpha value is -1.34. The normalized spacial score (nSPS) is 11.9. The van der Waals surface area contributed by atoms with E-state index in [0.29, 0.717) is 6.54 Å². The smallest absolute Gasteiger partial charge is 0.314 e. The number of aliphatic carboxylic acids is 1. The first-order chi connectivity index (χ1) is 9.10. The molecule has 0 aromatic heterocycles. The Kier molecular flexibility index (Phi) is 10.9. The zero-order valence-electron chi connectivity index (χ0n) is 11.6. The second-order valence-corrected chi connectivity index (χ2v) is 4.15. The number of carboxylic acid groups (broad SMARTS) is 1. The van der Waals surface area contributed by atoms with E-state index in [1.807, 2.05) is 0 Å². The highest BCUT2D eigenvalue weighted by molar-refractivity contribution is 5.74. The molecule has 0 radical (unpaired) electrons. The van der Waals surface area contributed by atoms with Crippen LogP contribution in [-0.4, -0.2) is 57.1 Å². The molecule has 0 aliphatic heterocycles. The number of nitrogens with one attached hydrogen (secondary N) is 2. The summed E-state index contributed by atoms with van der Waals surface area (Å²) < 4.78 is 9.86. The summed E-state index contributed by atoms with van der Waals surface area (Å²) in [6.45, 7) is 1.50. The summed E-state index contributed by atoms with van der Waals surface area (Å²) in [7, 11) is 3.08. The number of hydrogen-bond donors (Lipinski definition) is 3. The van der Waals surface area contributed by atoms with Crippen molar-refractivity contribution >= 4 is 12.0 Å². The molecule has 0 aliphatic carbocycles. The fourth-order valence-electron chi connectivity index (χ4n) is 1.45. The van der Waals surface area contributed by atoms with Crippen molar-refractivity contribution < 1.29 is 24.2 Å². The van der Waals surface area contributed by atoms with Crippen molar-refractivity contribution in [3.63, 3.8) is 0 Å². The molecule has 0 fully saturated rings. The fourth-order valence-corrected chi connectivity index (χ4v) is 1.45. The molecule has 3 N–H and O–H groups in total. The van der Waals surface area contributed by atoms with E-state index in [1.54, 1.807) is 7.11 Å². The first-order valence-corrected chi connectivity index (χ1v) is 6.35. The van der Waals surface area contributed by atoms with Gasteiger partial charge in [0.15, 0.2) is 0 Å². The van der Waals surface area contributed by atoms with Crippen LogP contribution in [0.1, 0.15) is 25.7 Å². The van der Waals surface area contributed by atoms with Crippen LogP contribution in [0, 0.1) is 0 Å². The van der Waals surface area contributed by atoms with E-state index in [-0.39, 0.29) is 19.0 Å². The lowest BCUT2D eigenvalue weighted by atomic mass is 10.2. The highest BCUT2D eigenvalue weighted by Gasteiger charge is 2.13. The quantitative estimate of drug-likeness (QED) is 0.480. The summed E-state index contributed by atoms with van der Waals surface area (Å²) in [4.78, 5) is 21.9. The predicted molar refractivity (Wildman–Crippen MR) is 70.2 cm³/mol. The first-order valence-electron chi connectivity index (χ1n) is 6.35. The van der Waals surface area contributed by atoms with Crippen molar-refractivity contribution in [2.45, 2.75) is 31.8 Å². The molecule has 0 rings (SSSR count). The molecule has 7 heteroatoms. The molecule has 0 spiro atoms. The van der Waals surface area contributed by atoms with Crippen LogP contribution in [0.25, 0.3) is 0 Å². The van der Waals surface area contributed by atoms with E-state index < -0.39 is 12.1 Å². The van der Waals surface area contributed by atoms with Crippen LogP contribution in [0.3, 0.4) is 0 Å². The number of amides is 2. The maximum absolute atomic E-state index is 11.4. The van der Waals surface area contributed by atoms with Crippen LogP contribution >= 0.6 is 0 Å². The Labute approximate surface area is 113 Å². The van der Waals surface area contributed by atoms with Crippen molar-refractivity contribution in [3.8, 4) is 0 Å². The second-order valence-electron chi connectivity index (χ2n) is 4.15. The van der Waals surface area contributed by atoms with E-state index in [4.69, 9.17) is 14.6 Å². The molecule has 2 amide bonds. The Bertz CT molecular complexity index is 261. The molecular weight excluding hydrogens is 252 g/mol. The molecule has 0 saturated heterocycles. The third-order valence-corrected chi connectivity index (χ3v) is 2.54. The molecule has 1 unspecified atom stereocenters. The van der Waals surface area contributed by atoms with Gasteiger partial charge in [-0.3, -0.25) is 4.79 Å². The van der Waals surface area contributed by atoms with Gasteiger partial charge in [0, 0.05) is 33.9 Å². The van der Waals surface area contributed by atoms with Gasteiger partial charge in [0.25, 0.3) is 0 Å². The molecule has 112 valence electrons. The third-order valence-electron chi connectivity index (χ3n) is 2.54. The highest BCUT2D eigenvalue weighted by atomic mass is 16.5. The van der Waals surface area contributed by atoms with Gasteiger partial charge in [-0.15, -0.1) is 0 Å². The van der Waals surface area contributed by atoms with Gasteiger partial charge in [-0.25, -0.2) is 4.79 Å². The average Bonchev–Trinajstić information content (AvgIpc) is 2.38. The molecule has 0 bridgehead atoms. The van der Waals surface area contributed by atoms with Gasteiger partial charge in [-0.05, 0) is 19.3 Å². The lowest BCUT2D eigenvalue weighted by molar-refractivity contribution is -0.139. The molecular formula is C12H24N2O5. The van der Waals surface area contributed by atoms with Crippen LogP contribution in [0.4, 0.5) is 4.79 Å². The van der Waals surface area contributed by atoms with Crippen LogP contribution in [-0.2, 0) is 14.3 Å². The van der Waals surface area contributed by atoms with Gasteiger partial charge < -0.3 is 25.2 Å². The first kappa shape index (κ1) is 17.7. The minimum atomic E-state index is -0.952. The van der Waals surface area contributed by atoms with Gasteiger partial charge in [0.05, 0.1) is 12.5 Å². The monoisotopic (exact) mass is 276 g/mol. The zero-order chi connectivity index (χ0) is 14.5. The molecule has 0 aromatic rings. The van der Waals surface area contributed by atoms with Crippen LogP contribution in [0.15, 0.2) is 0 Å². The number of unbranched alkanes of at least 4 members (excludes halogenated alkanes) is 2. The molecule has 0 aliphatic rings. The van der Waals surface area contributed by atoms with Crippen LogP contribution in [0.5, 0.6) is 0 Å². The fraction of sp³-hybridized carbons (Fsp3) is 0.833. The number of hydrogen-bond acceptors (Lipinski definition) is 4. The maximum atomic E-state index is 11.4. The zero-order valence-corrected chi connectivity index (χ0v) is 11.6. The number of carboxylic acids is 1. The molecule has 0 saturated carbocycles. The second kappa shape index (κ2) is 11.7. The SMILES string of the molecule is COCCCCCNC(=O)NCC(CC(=O)O)OC. The van der Waals surface area contributed by atoms with Crippen molar-refractivity contribution in [2.24, 2.45) is 0 Å². The van der Waals surface area contributed by atoms with Gasteiger partial charge in [-0.2, -0.15) is 0 Å². The van der Waals surface area contributed by atoms with E-state index in [0.717, 1.165) is 25.9 Å². The van der Waals surface area contributed by atoms with E-state index >= 15 is 0 Å². The molecule has 19 heavy (non-hydrogen) atoms. The number of urea groups is 1. The van der Waals surface area contributed by atoms with E-state index in [2.05, 4.69) is 10.6 Å². The van der Waals surface area contributed by atoms with Crippen molar-refractivity contribution in [2.75, 3.05) is 33.9 Å². The average molecular weight is 276 g/mol. The molecule has 7 nitrogen and oxygen atoms in total. The maximum Gasteiger partial charge on any atom is 0.314 e. The van der Waals surface area contributed by atoms with Gasteiger partial charge >= 0.3 is 12.0 Å². The van der Waals surface area contributed by atoms with Crippen molar-refractivity contribution in [1.29, 1.82) is 0 Å². The van der Waals surface area contributed by atoms with Gasteiger partial charge in [0.1, 0.15) is 0 Å². The largest absolute Gasteiger partial charge is 0.481 e. The molecule has 0 aromatic carbocycles. The number of carbonyl (C=O) groups excluding carboxylic acids is 1. The lowest BCUT2D eigenvalue weighted by Gasteiger charge is -2.14. The summed E-state index contributed by atoms with van der Waals surface area (Å²) in [6.07, 6.45) is 2.22. The molecule has 0 heterocycles. The Morgan fingerprint density at radius 3 is 2.47 bits per heavy atom. The summed E-state index contributed by atoms with van der Waals surface area (Å²) >= 11 is 0. The number of carbonyl (C=O) groups is 2. The van der Waals surface area contributed by atoms with Crippen LogP contribution in [0.2, 0.25) is 0 Å². The van der Waals surface area contributed by atoms with E-state index in [1.165, 1.54) is 7.11 Å². The van der Waals surface area contributed by atoms with E-state index in [9.17, 15) is 9.59 Å². The predicted octanol–water partition coefficient (Wildman–Crippen LogP) is 0.592. The van der Waals surface area contributed by atoms with Crippen LogP contribution < -0.4 is 10.6 Å². The summed E-state index contributed by atoms with van der Waals surface area (Å²) in [5.41, 5.74) is 0. The summed E-state index contributed by atoms with van der Waals surface area (Å²) in [6, 6.07) is -0.306. The van der Waals surface area contributed by atoms with Gasteiger partial charge in [0.2, 0.25) is 0 Å². The van der Waals surface area contributed by atoms with Crippen molar-refractivity contribution in [1.82, 2.24) is 10.6 Å². The topological polar surface area (TPSA) is 96.9 Å². The minimum absolute atomic E-state index is 0.131. The Morgan fingerprint density at radius 1 is 1.16 bits per heavy atom. The summed E-state index contributed by atoms with van der Waals surface area (Å²) in [5.74, 6) is -0.952. The van der Waals surface area contributed by atoms with Crippen molar-refractivity contribution in [3.05, 3.63) is 0 Å². The standard InChI is InChI=1S/C12H24N2O5/c1-18-7-5-3-4-6-13-12(17)14-9-10(19-2)8-11(15)16/h10H,3-9H2,1-2H3,(H,15,16)(H2,13,14,17). The van der Waals surface area contributed by atoms with Gasteiger partial charge in [-0.1, -0.05) is 0 Å². The lowest BCUT2D eigenvalue weighted by Crippen LogP contribution is -2.41. The highest BCUT2D eigenvalue weighted by Crippen LogP contribution is 1.96. The number of rotatable bonds is 11. The third kappa shape index (κ3) is 11.5. The number of methoxy groups -OCH3 is 2. The number of ether oxygens (including phenoxy) is 2. The molecule has 1 atom stereocenters.